The van der Waals surface area contributed by atoms with E-state index in [1.54, 1.807) is 11.4 Å². The molecular weight excluding hydrogens is 275 g/mol. The van der Waals surface area contributed by atoms with Gasteiger partial charge in [-0.25, -0.2) is 4.98 Å². The average Bonchev–Trinajstić information content (AvgIpc) is 2.82. The zero-order valence-electron chi connectivity index (χ0n) is 10.4. The van der Waals surface area contributed by atoms with E-state index in [1.165, 1.54) is 17.2 Å². The standard InChI is InChI=1S/C12H12F3N3O2/c13-12(14,15)11(20)17-7-8-3-4-9(16-6-8)18-5-1-2-10(18)19/h3-4,6H,1-2,5,7H2,(H,17,20). The van der Waals surface area contributed by atoms with Crippen LogP contribution in [0.3, 0.4) is 0 Å². The third-order valence-corrected chi connectivity index (χ3v) is 2.87. The van der Waals surface area contributed by atoms with E-state index < -0.39 is 12.1 Å². The third kappa shape index (κ3) is 3.25. The summed E-state index contributed by atoms with van der Waals surface area (Å²) in [5, 5.41) is 1.75. The molecule has 2 heterocycles. The van der Waals surface area contributed by atoms with E-state index >= 15 is 0 Å². The van der Waals surface area contributed by atoms with Crippen LogP contribution in [0.4, 0.5) is 19.0 Å². The summed E-state index contributed by atoms with van der Waals surface area (Å²) in [5.74, 6) is -1.54. The first-order valence-corrected chi connectivity index (χ1v) is 5.98. The average molecular weight is 287 g/mol. The van der Waals surface area contributed by atoms with Crippen molar-refractivity contribution in [1.82, 2.24) is 10.3 Å². The van der Waals surface area contributed by atoms with Gasteiger partial charge in [0.05, 0.1) is 0 Å². The van der Waals surface area contributed by atoms with Crippen molar-refractivity contribution in [3.63, 3.8) is 0 Å². The van der Waals surface area contributed by atoms with Gasteiger partial charge in [0.2, 0.25) is 5.91 Å². The fraction of sp³-hybridized carbons (Fsp3) is 0.417. The van der Waals surface area contributed by atoms with Crippen molar-refractivity contribution in [1.29, 1.82) is 0 Å². The number of nitrogens with zero attached hydrogens (tertiary/aromatic N) is 2. The summed E-state index contributed by atoms with van der Waals surface area (Å²) in [5.41, 5.74) is 0.429. The molecule has 0 unspecified atom stereocenters. The Morgan fingerprint density at radius 3 is 2.65 bits per heavy atom. The highest BCUT2D eigenvalue weighted by Gasteiger charge is 2.38. The zero-order chi connectivity index (χ0) is 14.8. The molecule has 108 valence electrons. The van der Waals surface area contributed by atoms with Gasteiger partial charge in [-0.05, 0) is 18.1 Å². The fourth-order valence-corrected chi connectivity index (χ4v) is 1.85. The summed E-state index contributed by atoms with van der Waals surface area (Å²) < 4.78 is 36.0. The molecule has 0 radical (unpaired) electrons. The summed E-state index contributed by atoms with van der Waals surface area (Å²) >= 11 is 0. The fourth-order valence-electron chi connectivity index (χ4n) is 1.85. The van der Waals surface area contributed by atoms with E-state index in [2.05, 4.69) is 4.98 Å². The molecule has 0 aliphatic carbocycles. The van der Waals surface area contributed by atoms with Gasteiger partial charge in [0, 0.05) is 25.7 Å². The quantitative estimate of drug-likeness (QED) is 0.913. The maximum absolute atomic E-state index is 12.0. The van der Waals surface area contributed by atoms with Gasteiger partial charge in [-0.2, -0.15) is 13.2 Å². The molecule has 1 aliphatic heterocycles. The van der Waals surface area contributed by atoms with Crippen LogP contribution in [0.25, 0.3) is 0 Å². The Hall–Kier alpha value is -2.12. The SMILES string of the molecule is O=C1CCCN1c1ccc(CNC(=O)C(F)(F)F)cn1. The molecule has 1 aromatic heterocycles. The molecule has 0 saturated carbocycles. The molecule has 1 saturated heterocycles. The Kier molecular flexibility index (Phi) is 3.91. The van der Waals surface area contributed by atoms with Gasteiger partial charge >= 0.3 is 12.1 Å². The molecule has 20 heavy (non-hydrogen) atoms. The Morgan fingerprint density at radius 2 is 2.15 bits per heavy atom. The van der Waals surface area contributed by atoms with Crippen molar-refractivity contribution >= 4 is 17.6 Å². The molecule has 1 fully saturated rings. The van der Waals surface area contributed by atoms with E-state index in [0.717, 1.165) is 6.42 Å². The second kappa shape index (κ2) is 5.48. The van der Waals surface area contributed by atoms with Crippen molar-refractivity contribution in [3.8, 4) is 0 Å². The Balaban J connectivity index is 1.95. The third-order valence-electron chi connectivity index (χ3n) is 2.87. The molecule has 0 aromatic carbocycles. The summed E-state index contributed by atoms with van der Waals surface area (Å²) in [4.78, 5) is 27.7. The van der Waals surface area contributed by atoms with Crippen LogP contribution in [0.5, 0.6) is 0 Å². The lowest BCUT2D eigenvalue weighted by atomic mass is 10.2. The Morgan fingerprint density at radius 1 is 1.40 bits per heavy atom. The number of carbonyl (C=O) groups is 2. The lowest BCUT2D eigenvalue weighted by Gasteiger charge is -2.14. The van der Waals surface area contributed by atoms with Crippen LogP contribution in [-0.2, 0) is 16.1 Å². The summed E-state index contributed by atoms with van der Waals surface area (Å²) in [7, 11) is 0. The molecule has 1 aliphatic rings. The van der Waals surface area contributed by atoms with Gasteiger partial charge in [-0.1, -0.05) is 6.07 Å². The van der Waals surface area contributed by atoms with Crippen molar-refractivity contribution in [2.24, 2.45) is 0 Å². The van der Waals surface area contributed by atoms with Gasteiger partial charge in [-0.15, -0.1) is 0 Å². The second-order valence-corrected chi connectivity index (χ2v) is 4.35. The smallest absolute Gasteiger partial charge is 0.344 e. The minimum absolute atomic E-state index is 0.0179. The second-order valence-electron chi connectivity index (χ2n) is 4.35. The van der Waals surface area contributed by atoms with Crippen LogP contribution in [0.15, 0.2) is 18.3 Å². The molecular formula is C12H12F3N3O2. The Bertz CT molecular complexity index is 514. The van der Waals surface area contributed by atoms with E-state index in [1.807, 2.05) is 0 Å². The van der Waals surface area contributed by atoms with Gasteiger partial charge in [0.25, 0.3) is 0 Å². The van der Waals surface area contributed by atoms with Gasteiger partial charge in [0.15, 0.2) is 0 Å². The number of rotatable bonds is 3. The van der Waals surface area contributed by atoms with Crippen molar-refractivity contribution in [3.05, 3.63) is 23.9 Å². The van der Waals surface area contributed by atoms with E-state index in [-0.39, 0.29) is 12.5 Å². The number of pyridine rings is 1. The van der Waals surface area contributed by atoms with Crippen LogP contribution in [0.1, 0.15) is 18.4 Å². The van der Waals surface area contributed by atoms with Gasteiger partial charge in [0.1, 0.15) is 5.82 Å². The highest BCUT2D eigenvalue weighted by molar-refractivity contribution is 5.94. The number of amides is 2. The van der Waals surface area contributed by atoms with Crippen LogP contribution in [0.2, 0.25) is 0 Å². The predicted molar refractivity (Wildman–Crippen MR) is 63.7 cm³/mol. The molecule has 1 aromatic rings. The van der Waals surface area contributed by atoms with Crippen LogP contribution in [0, 0.1) is 0 Å². The van der Waals surface area contributed by atoms with Gasteiger partial charge < -0.3 is 5.32 Å². The van der Waals surface area contributed by atoms with Crippen molar-refractivity contribution in [2.45, 2.75) is 25.6 Å². The number of hydrogen-bond acceptors (Lipinski definition) is 3. The maximum Gasteiger partial charge on any atom is 0.471 e. The predicted octanol–water partition coefficient (Wildman–Crippen LogP) is 1.39. The normalized spacial score (nSPS) is 15.6. The van der Waals surface area contributed by atoms with E-state index in [0.29, 0.717) is 24.3 Å². The summed E-state index contributed by atoms with van der Waals surface area (Å²) in [6, 6.07) is 3.09. The van der Waals surface area contributed by atoms with Gasteiger partial charge in [-0.3, -0.25) is 14.5 Å². The topological polar surface area (TPSA) is 62.3 Å². The highest BCUT2D eigenvalue weighted by Crippen LogP contribution is 2.19. The minimum atomic E-state index is -4.89. The maximum atomic E-state index is 12.0. The monoisotopic (exact) mass is 287 g/mol. The number of halogens is 3. The lowest BCUT2D eigenvalue weighted by Crippen LogP contribution is -2.36. The number of hydrogen-bond donors (Lipinski definition) is 1. The lowest BCUT2D eigenvalue weighted by molar-refractivity contribution is -0.173. The molecule has 0 bridgehead atoms. The molecule has 0 spiro atoms. The molecule has 2 amide bonds. The molecule has 8 heteroatoms. The Labute approximate surface area is 112 Å². The van der Waals surface area contributed by atoms with E-state index in [4.69, 9.17) is 0 Å². The molecule has 5 nitrogen and oxygen atoms in total. The highest BCUT2D eigenvalue weighted by atomic mass is 19.4. The number of anilines is 1. The first kappa shape index (κ1) is 14.3. The minimum Gasteiger partial charge on any atom is -0.344 e. The first-order chi connectivity index (χ1) is 9.38. The van der Waals surface area contributed by atoms with Crippen LogP contribution in [-0.4, -0.2) is 29.5 Å². The number of alkyl halides is 3. The largest absolute Gasteiger partial charge is 0.471 e. The van der Waals surface area contributed by atoms with Crippen molar-refractivity contribution in [2.75, 3.05) is 11.4 Å². The number of aromatic nitrogens is 1. The summed E-state index contributed by atoms with van der Waals surface area (Å²) in [6.07, 6.45) is -2.30. The van der Waals surface area contributed by atoms with Crippen LogP contribution < -0.4 is 10.2 Å². The first-order valence-electron chi connectivity index (χ1n) is 5.98. The molecule has 0 atom stereocenters. The molecule has 2 rings (SSSR count). The van der Waals surface area contributed by atoms with E-state index in [9.17, 15) is 22.8 Å². The molecule has 1 N–H and O–H groups in total. The number of nitrogens with one attached hydrogen (secondary N) is 1. The van der Waals surface area contributed by atoms with Crippen LogP contribution >= 0.6 is 0 Å². The van der Waals surface area contributed by atoms with Crippen molar-refractivity contribution < 1.29 is 22.8 Å². The number of carbonyl (C=O) groups excluding carboxylic acids is 2. The zero-order valence-corrected chi connectivity index (χ0v) is 10.4. The summed E-state index contributed by atoms with van der Waals surface area (Å²) in [6.45, 7) is 0.329.